The molecule has 1 fully saturated rings. The van der Waals surface area contributed by atoms with E-state index in [1.807, 2.05) is 18.8 Å². The van der Waals surface area contributed by atoms with Crippen molar-refractivity contribution in [1.29, 1.82) is 0 Å². The van der Waals surface area contributed by atoms with E-state index in [1.54, 1.807) is 11.3 Å². The summed E-state index contributed by atoms with van der Waals surface area (Å²) in [7, 11) is 1.85. The maximum Gasteiger partial charge on any atom is 0.191 e. The smallest absolute Gasteiger partial charge is 0.191 e. The largest absolute Gasteiger partial charge is 0.356 e. The predicted molar refractivity (Wildman–Crippen MR) is 95.2 cm³/mol. The first-order chi connectivity index (χ1) is 9.71. The number of aliphatic imine (C=N–C) groups is 1. The van der Waals surface area contributed by atoms with Gasteiger partial charge in [0, 0.05) is 29.8 Å². The van der Waals surface area contributed by atoms with Gasteiger partial charge >= 0.3 is 0 Å². The first-order valence-electron chi connectivity index (χ1n) is 6.95. The first kappa shape index (κ1) is 16.2. The van der Waals surface area contributed by atoms with Gasteiger partial charge in [0.15, 0.2) is 5.96 Å². The summed E-state index contributed by atoms with van der Waals surface area (Å²) in [4.78, 5) is 5.71. The Bertz CT molecular complexity index is 447. The highest BCUT2D eigenvalue weighted by Gasteiger charge is 2.24. The summed E-state index contributed by atoms with van der Waals surface area (Å²) >= 11 is 7.28. The molecule has 20 heavy (non-hydrogen) atoms. The van der Waals surface area contributed by atoms with Crippen LogP contribution >= 0.6 is 39.0 Å². The van der Waals surface area contributed by atoms with Crippen LogP contribution in [-0.4, -0.2) is 37.1 Å². The number of halogens is 1. The van der Waals surface area contributed by atoms with Crippen LogP contribution in [0.5, 0.6) is 0 Å². The molecule has 112 valence electrons. The van der Waals surface area contributed by atoms with Gasteiger partial charge in [0.2, 0.25) is 0 Å². The second kappa shape index (κ2) is 8.29. The fourth-order valence-electron chi connectivity index (χ4n) is 2.46. The van der Waals surface area contributed by atoms with Crippen molar-refractivity contribution in [1.82, 2.24) is 10.6 Å². The fraction of sp³-hybridized carbons (Fsp3) is 0.643. The summed E-state index contributed by atoms with van der Waals surface area (Å²) in [6.45, 7) is 0.922. The van der Waals surface area contributed by atoms with Gasteiger partial charge in [-0.15, -0.1) is 11.3 Å². The molecule has 3 nitrogen and oxygen atoms in total. The van der Waals surface area contributed by atoms with Crippen LogP contribution in [-0.2, 0) is 6.42 Å². The van der Waals surface area contributed by atoms with Gasteiger partial charge in [-0.05, 0) is 60.0 Å². The summed E-state index contributed by atoms with van der Waals surface area (Å²) in [5.41, 5.74) is 0. The van der Waals surface area contributed by atoms with Crippen LogP contribution in [0.3, 0.4) is 0 Å². The lowest BCUT2D eigenvalue weighted by molar-refractivity contribution is 0.615. The third-order valence-electron chi connectivity index (χ3n) is 3.57. The minimum absolute atomic E-state index is 0.578. The Morgan fingerprint density at radius 1 is 1.50 bits per heavy atom. The fourth-order valence-corrected chi connectivity index (χ4v) is 4.74. The lowest BCUT2D eigenvalue weighted by Gasteiger charge is -2.17. The molecular weight excluding hydrogens is 354 g/mol. The van der Waals surface area contributed by atoms with Gasteiger partial charge < -0.3 is 10.6 Å². The first-order valence-corrected chi connectivity index (χ1v) is 9.85. The Hall–Kier alpha value is -0.200. The molecule has 2 N–H and O–H groups in total. The number of thioether (sulfide) groups is 1. The van der Waals surface area contributed by atoms with Crippen LogP contribution in [0.4, 0.5) is 0 Å². The second-order valence-corrected chi connectivity index (χ2v) is 8.65. The van der Waals surface area contributed by atoms with Crippen LogP contribution in [0.2, 0.25) is 0 Å². The molecule has 0 amide bonds. The van der Waals surface area contributed by atoms with E-state index in [1.165, 1.54) is 27.9 Å². The molecule has 0 spiro atoms. The van der Waals surface area contributed by atoms with E-state index in [4.69, 9.17) is 0 Å². The van der Waals surface area contributed by atoms with E-state index in [2.05, 4.69) is 49.9 Å². The van der Waals surface area contributed by atoms with E-state index >= 15 is 0 Å². The van der Waals surface area contributed by atoms with Crippen molar-refractivity contribution in [2.45, 2.75) is 37.0 Å². The molecule has 6 heteroatoms. The molecule has 1 saturated carbocycles. The molecule has 1 aromatic rings. The van der Waals surface area contributed by atoms with E-state index in [0.29, 0.717) is 6.04 Å². The summed E-state index contributed by atoms with van der Waals surface area (Å²) in [5.74, 6) is 0.937. The predicted octanol–water partition coefficient (Wildman–Crippen LogP) is 3.50. The number of rotatable bonds is 5. The lowest BCUT2D eigenvalue weighted by atomic mass is 10.2. The minimum atomic E-state index is 0.578. The van der Waals surface area contributed by atoms with Crippen LogP contribution in [0.25, 0.3) is 0 Å². The third kappa shape index (κ3) is 4.97. The lowest BCUT2D eigenvalue weighted by Crippen LogP contribution is -2.43. The summed E-state index contributed by atoms with van der Waals surface area (Å²) < 4.78 is 1.20. The van der Waals surface area contributed by atoms with Gasteiger partial charge in [0.05, 0.1) is 3.79 Å². The van der Waals surface area contributed by atoms with Crippen molar-refractivity contribution in [2.75, 3.05) is 19.8 Å². The molecular formula is C14H22BrN3S2. The quantitative estimate of drug-likeness (QED) is 0.610. The molecule has 2 atom stereocenters. The maximum atomic E-state index is 4.32. The molecule has 2 unspecified atom stereocenters. The Kier molecular flexibility index (Phi) is 6.71. The highest BCUT2D eigenvalue weighted by molar-refractivity contribution is 9.11. The number of thiophene rings is 1. The van der Waals surface area contributed by atoms with E-state index in [9.17, 15) is 0 Å². The minimum Gasteiger partial charge on any atom is -0.356 e. The van der Waals surface area contributed by atoms with Gasteiger partial charge in [0.1, 0.15) is 0 Å². The summed E-state index contributed by atoms with van der Waals surface area (Å²) in [6.07, 6.45) is 7.07. The topological polar surface area (TPSA) is 36.4 Å². The molecule has 0 aromatic carbocycles. The van der Waals surface area contributed by atoms with Crippen molar-refractivity contribution in [3.05, 3.63) is 20.8 Å². The normalized spacial score (nSPS) is 23.1. The van der Waals surface area contributed by atoms with Crippen molar-refractivity contribution in [2.24, 2.45) is 4.99 Å². The monoisotopic (exact) mass is 375 g/mol. The van der Waals surface area contributed by atoms with Crippen LogP contribution in [0.15, 0.2) is 20.9 Å². The third-order valence-corrected chi connectivity index (χ3v) is 6.35. The molecule has 0 bridgehead atoms. The van der Waals surface area contributed by atoms with Crippen LogP contribution < -0.4 is 10.6 Å². The zero-order valence-corrected chi connectivity index (χ0v) is 15.2. The highest BCUT2D eigenvalue weighted by Crippen LogP contribution is 2.28. The molecule has 0 radical (unpaired) electrons. The molecule has 0 aliphatic heterocycles. The van der Waals surface area contributed by atoms with Gasteiger partial charge in [-0.25, -0.2) is 0 Å². The standard InChI is InChI=1S/C14H22BrN3S2/c1-16-14(18-10-3-4-12(9-10)19-2)17-8-7-11-5-6-13(15)20-11/h5-6,10,12H,3-4,7-9H2,1-2H3,(H2,16,17,18). The van der Waals surface area contributed by atoms with Crippen molar-refractivity contribution in [3.63, 3.8) is 0 Å². The Balaban J connectivity index is 1.70. The zero-order chi connectivity index (χ0) is 14.4. The van der Waals surface area contributed by atoms with Crippen molar-refractivity contribution in [3.8, 4) is 0 Å². The van der Waals surface area contributed by atoms with Crippen LogP contribution in [0, 0.1) is 0 Å². The van der Waals surface area contributed by atoms with Gasteiger partial charge in [-0.2, -0.15) is 11.8 Å². The van der Waals surface area contributed by atoms with Crippen LogP contribution in [0.1, 0.15) is 24.1 Å². The highest BCUT2D eigenvalue weighted by atomic mass is 79.9. The van der Waals surface area contributed by atoms with Gasteiger partial charge in [-0.1, -0.05) is 0 Å². The molecule has 1 heterocycles. The molecule has 1 aliphatic rings. The average molecular weight is 376 g/mol. The molecule has 1 aliphatic carbocycles. The number of guanidine groups is 1. The van der Waals surface area contributed by atoms with Crippen molar-refractivity contribution >= 4 is 45.0 Å². The number of hydrogen-bond acceptors (Lipinski definition) is 3. The Labute approximate surface area is 138 Å². The average Bonchev–Trinajstić information content (AvgIpc) is 3.06. The Morgan fingerprint density at radius 3 is 2.95 bits per heavy atom. The Morgan fingerprint density at radius 2 is 2.35 bits per heavy atom. The van der Waals surface area contributed by atoms with E-state index < -0.39 is 0 Å². The summed E-state index contributed by atoms with van der Waals surface area (Å²) in [5, 5.41) is 7.77. The second-order valence-electron chi connectivity index (χ2n) is 4.97. The molecule has 1 aromatic heterocycles. The molecule has 0 saturated heterocycles. The number of nitrogens with one attached hydrogen (secondary N) is 2. The number of hydrogen-bond donors (Lipinski definition) is 2. The maximum absolute atomic E-state index is 4.32. The number of nitrogens with zero attached hydrogens (tertiary/aromatic N) is 1. The summed E-state index contributed by atoms with van der Waals surface area (Å²) in [6, 6.07) is 4.86. The van der Waals surface area contributed by atoms with Gasteiger partial charge in [0.25, 0.3) is 0 Å². The SMILES string of the molecule is CN=C(NCCc1ccc(Br)s1)NC1CCC(SC)C1. The van der Waals surface area contributed by atoms with E-state index in [-0.39, 0.29) is 0 Å². The molecule has 2 rings (SSSR count). The zero-order valence-electron chi connectivity index (χ0n) is 12.0. The van der Waals surface area contributed by atoms with Crippen molar-refractivity contribution < 1.29 is 0 Å². The van der Waals surface area contributed by atoms with Gasteiger partial charge in [-0.3, -0.25) is 4.99 Å². The van der Waals surface area contributed by atoms with E-state index in [0.717, 1.165) is 24.2 Å².